The standard InChI is InChI=1S/C18H24N8O/c1-23-16-5-3-2-4-15(16)22-17(23)12-20-18(27)25-9-6-24(7-10-25)8-11-26-14-19-13-21-26/h2-5,13-14H,6-12H2,1H3,(H,20,27). The summed E-state index contributed by atoms with van der Waals surface area (Å²) in [5.41, 5.74) is 2.02. The van der Waals surface area contributed by atoms with Crippen LogP contribution in [0, 0.1) is 0 Å². The highest BCUT2D eigenvalue weighted by Crippen LogP contribution is 2.14. The van der Waals surface area contributed by atoms with Gasteiger partial charge in [0.15, 0.2) is 0 Å². The van der Waals surface area contributed by atoms with Gasteiger partial charge in [0, 0.05) is 39.8 Å². The fraction of sp³-hybridized carbons (Fsp3) is 0.444. The van der Waals surface area contributed by atoms with Crippen LogP contribution < -0.4 is 5.32 Å². The third-order valence-corrected chi connectivity index (χ3v) is 5.05. The Morgan fingerprint density at radius 1 is 1.15 bits per heavy atom. The van der Waals surface area contributed by atoms with Crippen LogP contribution in [-0.4, -0.2) is 72.9 Å². The molecule has 3 heterocycles. The van der Waals surface area contributed by atoms with Crippen molar-refractivity contribution in [3.8, 4) is 0 Å². The number of hydrogen-bond acceptors (Lipinski definition) is 5. The summed E-state index contributed by atoms with van der Waals surface area (Å²) < 4.78 is 3.85. The van der Waals surface area contributed by atoms with Gasteiger partial charge in [-0.1, -0.05) is 12.1 Å². The Hall–Kier alpha value is -2.94. The first kappa shape index (κ1) is 17.5. The second-order valence-electron chi connectivity index (χ2n) is 6.72. The van der Waals surface area contributed by atoms with Crippen LogP contribution in [0.5, 0.6) is 0 Å². The van der Waals surface area contributed by atoms with Gasteiger partial charge in [-0.05, 0) is 12.1 Å². The number of rotatable bonds is 5. The first-order valence-electron chi connectivity index (χ1n) is 9.18. The molecule has 27 heavy (non-hydrogen) atoms. The predicted octanol–water partition coefficient (Wildman–Crippen LogP) is 0.692. The van der Waals surface area contributed by atoms with Crippen molar-refractivity contribution >= 4 is 17.1 Å². The molecular weight excluding hydrogens is 344 g/mol. The smallest absolute Gasteiger partial charge is 0.317 e. The van der Waals surface area contributed by atoms with Crippen LogP contribution in [0.25, 0.3) is 11.0 Å². The first-order valence-corrected chi connectivity index (χ1v) is 9.18. The van der Waals surface area contributed by atoms with Crippen LogP contribution in [0.15, 0.2) is 36.9 Å². The molecule has 0 unspecified atom stereocenters. The Morgan fingerprint density at radius 2 is 1.96 bits per heavy atom. The zero-order chi connectivity index (χ0) is 18.6. The van der Waals surface area contributed by atoms with Crippen LogP contribution in [0.2, 0.25) is 0 Å². The molecule has 1 aliphatic rings. The van der Waals surface area contributed by atoms with Gasteiger partial charge in [0.05, 0.1) is 24.1 Å². The highest BCUT2D eigenvalue weighted by molar-refractivity contribution is 5.76. The van der Waals surface area contributed by atoms with E-state index in [0.717, 1.165) is 56.1 Å². The second kappa shape index (κ2) is 7.75. The summed E-state index contributed by atoms with van der Waals surface area (Å²) in [6, 6.07) is 7.96. The van der Waals surface area contributed by atoms with Crippen molar-refractivity contribution in [1.82, 2.24) is 39.4 Å². The lowest BCUT2D eigenvalue weighted by Crippen LogP contribution is -2.52. The monoisotopic (exact) mass is 368 g/mol. The third kappa shape index (κ3) is 3.92. The normalized spacial score (nSPS) is 15.4. The number of fused-ring (bicyclic) bond motifs is 1. The number of aryl methyl sites for hydroxylation is 1. The van der Waals surface area contributed by atoms with E-state index in [1.807, 2.05) is 45.5 Å². The van der Waals surface area contributed by atoms with E-state index in [4.69, 9.17) is 0 Å². The molecule has 1 aromatic carbocycles. The zero-order valence-electron chi connectivity index (χ0n) is 15.5. The van der Waals surface area contributed by atoms with Gasteiger partial charge >= 0.3 is 6.03 Å². The van der Waals surface area contributed by atoms with Gasteiger partial charge in [0.25, 0.3) is 0 Å². The number of nitrogens with one attached hydrogen (secondary N) is 1. The summed E-state index contributed by atoms with van der Waals surface area (Å²) in [7, 11) is 1.98. The van der Waals surface area contributed by atoms with Crippen molar-refractivity contribution in [3.05, 3.63) is 42.7 Å². The number of carbonyl (C=O) groups excluding carboxylic acids is 1. The summed E-state index contributed by atoms with van der Waals surface area (Å²) in [4.78, 5) is 25.3. The Kier molecular flexibility index (Phi) is 5.01. The van der Waals surface area contributed by atoms with Gasteiger partial charge in [0.1, 0.15) is 18.5 Å². The number of urea groups is 1. The lowest BCUT2D eigenvalue weighted by atomic mass is 10.3. The van der Waals surface area contributed by atoms with Gasteiger partial charge < -0.3 is 14.8 Å². The molecule has 0 bridgehead atoms. The van der Waals surface area contributed by atoms with Crippen LogP contribution in [0.1, 0.15) is 5.82 Å². The topological polar surface area (TPSA) is 84.1 Å². The fourth-order valence-electron chi connectivity index (χ4n) is 3.39. The molecule has 9 heteroatoms. The molecule has 1 aliphatic heterocycles. The van der Waals surface area contributed by atoms with E-state index >= 15 is 0 Å². The van der Waals surface area contributed by atoms with E-state index in [2.05, 4.69) is 25.3 Å². The quantitative estimate of drug-likeness (QED) is 0.716. The largest absolute Gasteiger partial charge is 0.331 e. The number of amides is 2. The highest BCUT2D eigenvalue weighted by atomic mass is 16.2. The number of carbonyl (C=O) groups is 1. The van der Waals surface area contributed by atoms with E-state index in [9.17, 15) is 4.79 Å². The average Bonchev–Trinajstić information content (AvgIpc) is 3.33. The van der Waals surface area contributed by atoms with Gasteiger partial charge in [-0.2, -0.15) is 5.10 Å². The van der Waals surface area contributed by atoms with Crippen molar-refractivity contribution in [2.75, 3.05) is 32.7 Å². The Balaban J connectivity index is 1.25. The Labute approximate surface area is 157 Å². The minimum Gasteiger partial charge on any atom is -0.331 e. The van der Waals surface area contributed by atoms with Crippen molar-refractivity contribution < 1.29 is 4.79 Å². The molecule has 142 valence electrons. The van der Waals surface area contributed by atoms with Crippen LogP contribution in [0.3, 0.4) is 0 Å². The molecule has 0 radical (unpaired) electrons. The fourth-order valence-corrected chi connectivity index (χ4v) is 3.39. The maximum Gasteiger partial charge on any atom is 0.317 e. The molecule has 2 amide bonds. The number of benzene rings is 1. The Bertz CT molecular complexity index is 895. The van der Waals surface area contributed by atoms with Crippen molar-refractivity contribution in [2.24, 2.45) is 7.05 Å². The Morgan fingerprint density at radius 3 is 2.70 bits per heavy atom. The lowest BCUT2D eigenvalue weighted by Gasteiger charge is -2.34. The van der Waals surface area contributed by atoms with Crippen LogP contribution >= 0.6 is 0 Å². The second-order valence-corrected chi connectivity index (χ2v) is 6.72. The molecule has 0 atom stereocenters. The molecule has 1 saturated heterocycles. The molecule has 1 fully saturated rings. The number of para-hydroxylation sites is 2. The summed E-state index contributed by atoms with van der Waals surface area (Å²) >= 11 is 0. The number of piperazine rings is 1. The minimum atomic E-state index is -0.0296. The maximum atomic E-state index is 12.5. The first-order chi connectivity index (χ1) is 13.2. The van der Waals surface area contributed by atoms with Crippen molar-refractivity contribution in [2.45, 2.75) is 13.1 Å². The molecule has 4 rings (SSSR count). The number of imidazole rings is 1. The number of nitrogens with zero attached hydrogens (tertiary/aromatic N) is 7. The average molecular weight is 368 g/mol. The predicted molar refractivity (Wildman–Crippen MR) is 101 cm³/mol. The van der Waals surface area contributed by atoms with E-state index in [1.165, 1.54) is 0 Å². The molecular formula is C18H24N8O. The molecule has 3 aromatic rings. The van der Waals surface area contributed by atoms with E-state index in [1.54, 1.807) is 12.7 Å². The maximum absolute atomic E-state index is 12.5. The number of hydrogen-bond donors (Lipinski definition) is 1. The molecule has 9 nitrogen and oxygen atoms in total. The molecule has 2 aromatic heterocycles. The molecule has 0 saturated carbocycles. The van der Waals surface area contributed by atoms with Crippen molar-refractivity contribution in [3.63, 3.8) is 0 Å². The van der Waals surface area contributed by atoms with Gasteiger partial charge in [-0.25, -0.2) is 14.8 Å². The van der Waals surface area contributed by atoms with E-state index in [0.29, 0.717) is 6.54 Å². The molecule has 0 aliphatic carbocycles. The van der Waals surface area contributed by atoms with Gasteiger partial charge in [-0.3, -0.25) is 9.58 Å². The minimum absolute atomic E-state index is 0.0296. The SMILES string of the molecule is Cn1c(CNC(=O)N2CCN(CCn3cncn3)CC2)nc2ccccc21. The summed E-state index contributed by atoms with van der Waals surface area (Å²) in [6.45, 7) is 5.36. The van der Waals surface area contributed by atoms with E-state index in [-0.39, 0.29) is 6.03 Å². The summed E-state index contributed by atoms with van der Waals surface area (Å²) in [5.74, 6) is 0.857. The molecule has 0 spiro atoms. The van der Waals surface area contributed by atoms with Gasteiger partial charge in [-0.15, -0.1) is 0 Å². The molecule has 1 N–H and O–H groups in total. The summed E-state index contributed by atoms with van der Waals surface area (Å²) in [6.07, 6.45) is 3.28. The van der Waals surface area contributed by atoms with Crippen molar-refractivity contribution in [1.29, 1.82) is 0 Å². The van der Waals surface area contributed by atoms with E-state index < -0.39 is 0 Å². The number of aromatic nitrogens is 5. The third-order valence-electron chi connectivity index (χ3n) is 5.05. The zero-order valence-corrected chi connectivity index (χ0v) is 15.5. The van der Waals surface area contributed by atoms with Crippen LogP contribution in [0.4, 0.5) is 4.79 Å². The highest BCUT2D eigenvalue weighted by Gasteiger charge is 2.21. The summed E-state index contributed by atoms with van der Waals surface area (Å²) in [5, 5.41) is 7.12. The van der Waals surface area contributed by atoms with Gasteiger partial charge in [0.2, 0.25) is 0 Å². The van der Waals surface area contributed by atoms with Crippen LogP contribution in [-0.2, 0) is 20.1 Å². The lowest BCUT2D eigenvalue weighted by molar-refractivity contribution is 0.135.